The number of hydrogen-bond acceptors (Lipinski definition) is 3. The van der Waals surface area contributed by atoms with Gasteiger partial charge in [0.2, 0.25) is 0 Å². The van der Waals surface area contributed by atoms with E-state index < -0.39 is 4.92 Å². The van der Waals surface area contributed by atoms with E-state index in [0.29, 0.717) is 5.56 Å². The minimum absolute atomic E-state index is 0.0637. The second kappa shape index (κ2) is 5.61. The first-order chi connectivity index (χ1) is 9.20. The van der Waals surface area contributed by atoms with E-state index >= 15 is 0 Å². The van der Waals surface area contributed by atoms with Crippen LogP contribution in [0.25, 0.3) is 12.2 Å². The molecule has 4 nitrogen and oxygen atoms in total. The van der Waals surface area contributed by atoms with Crippen molar-refractivity contribution in [1.82, 2.24) is 0 Å². The fourth-order valence-corrected chi connectivity index (χ4v) is 1.66. The van der Waals surface area contributed by atoms with E-state index in [1.807, 2.05) is 36.4 Å². The average molecular weight is 250 g/mol. The topological polar surface area (TPSA) is 66.9 Å². The van der Waals surface area contributed by atoms with Crippen molar-refractivity contribution in [1.29, 1.82) is 5.26 Å². The van der Waals surface area contributed by atoms with Crippen LogP contribution in [-0.4, -0.2) is 4.92 Å². The van der Waals surface area contributed by atoms with Gasteiger partial charge >= 0.3 is 0 Å². The van der Waals surface area contributed by atoms with Crippen LogP contribution in [0.15, 0.2) is 48.5 Å². The van der Waals surface area contributed by atoms with Gasteiger partial charge in [0.25, 0.3) is 5.69 Å². The second-order valence-corrected chi connectivity index (χ2v) is 3.89. The maximum atomic E-state index is 11.0. The van der Waals surface area contributed by atoms with Gasteiger partial charge < -0.3 is 0 Å². The zero-order valence-electron chi connectivity index (χ0n) is 9.98. The molecule has 0 heterocycles. The fourth-order valence-electron chi connectivity index (χ4n) is 1.66. The summed E-state index contributed by atoms with van der Waals surface area (Å²) in [7, 11) is 0. The Balaban J connectivity index is 2.38. The number of hydrogen-bond donors (Lipinski definition) is 0. The van der Waals surface area contributed by atoms with E-state index in [9.17, 15) is 10.1 Å². The maximum absolute atomic E-state index is 11.0. The molecule has 0 radical (unpaired) electrons. The number of rotatable bonds is 3. The van der Waals surface area contributed by atoms with Crippen LogP contribution in [0.3, 0.4) is 0 Å². The van der Waals surface area contributed by atoms with Gasteiger partial charge in [-0.05, 0) is 23.8 Å². The molecule has 0 N–H and O–H groups in total. The van der Waals surface area contributed by atoms with Gasteiger partial charge in [0, 0.05) is 6.07 Å². The first-order valence-electron chi connectivity index (χ1n) is 5.62. The van der Waals surface area contributed by atoms with Crippen LogP contribution >= 0.6 is 0 Å². The largest absolute Gasteiger partial charge is 0.277 e. The number of nitriles is 1. The third-order valence-electron chi connectivity index (χ3n) is 2.61. The normalized spacial score (nSPS) is 10.3. The Morgan fingerprint density at radius 3 is 2.47 bits per heavy atom. The van der Waals surface area contributed by atoms with Gasteiger partial charge in [0.1, 0.15) is 0 Å². The van der Waals surface area contributed by atoms with E-state index in [1.165, 1.54) is 6.07 Å². The van der Waals surface area contributed by atoms with Crippen LogP contribution in [0.5, 0.6) is 0 Å². The summed E-state index contributed by atoms with van der Waals surface area (Å²) in [6.07, 6.45) is 3.48. The minimum atomic E-state index is -0.481. The smallest absolute Gasteiger partial charge is 0.258 e. The lowest BCUT2D eigenvalue weighted by molar-refractivity contribution is -0.385. The molecule has 0 saturated heterocycles. The van der Waals surface area contributed by atoms with Crippen molar-refractivity contribution >= 4 is 17.8 Å². The summed E-state index contributed by atoms with van der Waals surface area (Å²) in [5.41, 5.74) is 1.66. The molecule has 0 aliphatic rings. The van der Waals surface area contributed by atoms with Gasteiger partial charge in [0.05, 0.1) is 22.1 Å². The molecule has 0 aliphatic heterocycles. The zero-order chi connectivity index (χ0) is 13.7. The third kappa shape index (κ3) is 3.05. The Morgan fingerprint density at radius 1 is 1.11 bits per heavy atom. The summed E-state index contributed by atoms with van der Waals surface area (Å²) in [4.78, 5) is 10.5. The third-order valence-corrected chi connectivity index (χ3v) is 2.61. The van der Waals surface area contributed by atoms with Crippen molar-refractivity contribution in [2.24, 2.45) is 0 Å². The highest BCUT2D eigenvalue weighted by atomic mass is 16.6. The molecule has 0 fully saturated rings. The predicted octanol–water partition coefficient (Wildman–Crippen LogP) is 3.64. The van der Waals surface area contributed by atoms with Crippen molar-refractivity contribution in [3.05, 3.63) is 75.3 Å². The van der Waals surface area contributed by atoms with Gasteiger partial charge in [-0.2, -0.15) is 5.26 Å². The van der Waals surface area contributed by atoms with E-state index in [-0.39, 0.29) is 11.3 Å². The molecule has 0 saturated carbocycles. The molecule has 0 spiro atoms. The molecule has 0 unspecified atom stereocenters. The van der Waals surface area contributed by atoms with Gasteiger partial charge in [-0.1, -0.05) is 36.4 Å². The molecule has 2 aromatic carbocycles. The van der Waals surface area contributed by atoms with E-state index in [4.69, 9.17) is 5.26 Å². The summed E-state index contributed by atoms with van der Waals surface area (Å²) in [5.74, 6) is 0. The van der Waals surface area contributed by atoms with Crippen LogP contribution < -0.4 is 0 Å². The second-order valence-electron chi connectivity index (χ2n) is 3.89. The Labute approximate surface area is 110 Å². The summed E-state index contributed by atoms with van der Waals surface area (Å²) in [5, 5.41) is 19.7. The van der Waals surface area contributed by atoms with E-state index in [2.05, 4.69) is 0 Å². The van der Waals surface area contributed by atoms with Crippen molar-refractivity contribution < 1.29 is 4.92 Å². The lowest BCUT2D eigenvalue weighted by Gasteiger charge is -1.98. The number of nitrogens with zero attached hydrogens (tertiary/aromatic N) is 2. The Morgan fingerprint density at radius 2 is 1.84 bits per heavy atom. The molecule has 2 aromatic rings. The highest BCUT2D eigenvalue weighted by Gasteiger charge is 2.12. The summed E-state index contributed by atoms with van der Waals surface area (Å²) >= 11 is 0. The molecule has 0 aromatic heterocycles. The molecule has 2 rings (SSSR count). The van der Waals surface area contributed by atoms with Crippen LogP contribution in [0.1, 0.15) is 16.7 Å². The average Bonchev–Trinajstić information content (AvgIpc) is 2.46. The SMILES string of the molecule is N#Cc1ccc(C=Cc2ccccc2)c([N+](=O)[O-])c1. The van der Waals surface area contributed by atoms with Crippen LogP contribution in [0.4, 0.5) is 5.69 Å². The number of benzene rings is 2. The number of nitro groups is 1. The van der Waals surface area contributed by atoms with E-state index in [1.54, 1.807) is 24.3 Å². The van der Waals surface area contributed by atoms with Crippen molar-refractivity contribution in [3.63, 3.8) is 0 Å². The summed E-state index contributed by atoms with van der Waals surface area (Å²) in [6, 6.07) is 15.8. The van der Waals surface area contributed by atoms with Gasteiger partial charge in [-0.3, -0.25) is 10.1 Å². The highest BCUT2D eigenvalue weighted by molar-refractivity contribution is 5.74. The molecule has 19 heavy (non-hydrogen) atoms. The van der Waals surface area contributed by atoms with Crippen molar-refractivity contribution in [2.45, 2.75) is 0 Å². The molecule has 0 bridgehead atoms. The van der Waals surface area contributed by atoms with Gasteiger partial charge in [-0.25, -0.2) is 0 Å². The quantitative estimate of drug-likeness (QED) is 0.474. The van der Waals surface area contributed by atoms with Crippen molar-refractivity contribution in [3.8, 4) is 6.07 Å². The summed E-state index contributed by atoms with van der Waals surface area (Å²) < 4.78 is 0. The highest BCUT2D eigenvalue weighted by Crippen LogP contribution is 2.22. The molecule has 0 aliphatic carbocycles. The zero-order valence-corrected chi connectivity index (χ0v) is 9.98. The molecule has 92 valence electrons. The predicted molar refractivity (Wildman–Crippen MR) is 73.2 cm³/mol. The molecule has 0 amide bonds. The first-order valence-corrected chi connectivity index (χ1v) is 5.62. The van der Waals surface area contributed by atoms with Crippen molar-refractivity contribution in [2.75, 3.05) is 0 Å². The Hall–Kier alpha value is -2.93. The molecule has 4 heteroatoms. The minimum Gasteiger partial charge on any atom is -0.258 e. The lowest BCUT2D eigenvalue weighted by atomic mass is 10.1. The van der Waals surface area contributed by atoms with Gasteiger partial charge in [0.15, 0.2) is 0 Å². The standard InChI is InChI=1S/C15H10N2O2/c16-11-13-7-9-14(15(10-13)17(18)19)8-6-12-4-2-1-3-5-12/h1-10H. The van der Waals surface area contributed by atoms with Gasteiger partial charge in [-0.15, -0.1) is 0 Å². The monoisotopic (exact) mass is 250 g/mol. The van der Waals surface area contributed by atoms with Crippen LogP contribution in [0.2, 0.25) is 0 Å². The molecular weight excluding hydrogens is 240 g/mol. The summed E-state index contributed by atoms with van der Waals surface area (Å²) in [6.45, 7) is 0. The van der Waals surface area contributed by atoms with Crippen LogP contribution in [-0.2, 0) is 0 Å². The lowest BCUT2D eigenvalue weighted by Crippen LogP contribution is -1.92. The van der Waals surface area contributed by atoms with E-state index in [0.717, 1.165) is 5.56 Å². The first kappa shape index (κ1) is 12.5. The maximum Gasteiger partial charge on any atom is 0.277 e. The van der Waals surface area contributed by atoms with Crippen LogP contribution in [0, 0.1) is 21.4 Å². The Kier molecular flexibility index (Phi) is 3.70. The molecule has 0 atom stereocenters. The molecular formula is C15H10N2O2. The Bertz CT molecular complexity index is 670. The number of nitro benzene ring substituents is 1. The fraction of sp³-hybridized carbons (Fsp3) is 0.